The first-order valence-electron chi connectivity index (χ1n) is 9.68. The summed E-state index contributed by atoms with van der Waals surface area (Å²) in [6, 6.07) is 15.6. The van der Waals surface area contributed by atoms with Crippen molar-refractivity contribution in [1.82, 2.24) is 9.62 Å². The first-order chi connectivity index (χ1) is 13.4. The van der Waals surface area contributed by atoms with Crippen LogP contribution in [0.5, 0.6) is 0 Å². The second-order valence-electron chi connectivity index (χ2n) is 7.24. The Hall–Kier alpha value is -1.60. The van der Waals surface area contributed by atoms with Crippen molar-refractivity contribution in [2.45, 2.75) is 19.1 Å². The summed E-state index contributed by atoms with van der Waals surface area (Å²) < 4.78 is 27.3. The van der Waals surface area contributed by atoms with Crippen LogP contribution in [0.4, 0.5) is 5.69 Å². The molecule has 5 nitrogen and oxygen atoms in total. The maximum atomic E-state index is 12.3. The molecule has 7 heteroatoms. The lowest BCUT2D eigenvalue weighted by Crippen LogP contribution is -2.47. The number of hydrogen-bond acceptors (Lipinski definition) is 4. The lowest BCUT2D eigenvalue weighted by Gasteiger charge is -2.36. The van der Waals surface area contributed by atoms with Gasteiger partial charge in [-0.05, 0) is 55.3 Å². The molecular weight excluding hydrogens is 394 g/mol. The molecule has 0 radical (unpaired) electrons. The molecule has 0 spiro atoms. The summed E-state index contributed by atoms with van der Waals surface area (Å²) in [6.07, 6.45) is 0.813. The molecule has 28 heavy (non-hydrogen) atoms. The van der Waals surface area contributed by atoms with Gasteiger partial charge in [-0.1, -0.05) is 35.9 Å². The normalized spacial score (nSPS) is 15.7. The van der Waals surface area contributed by atoms with Gasteiger partial charge < -0.3 is 4.90 Å². The third-order valence-electron chi connectivity index (χ3n) is 5.14. The van der Waals surface area contributed by atoms with E-state index in [2.05, 4.69) is 26.7 Å². The summed E-state index contributed by atoms with van der Waals surface area (Å²) in [6.45, 7) is 7.24. The van der Waals surface area contributed by atoms with Crippen molar-refractivity contribution < 1.29 is 8.42 Å². The molecule has 0 bridgehead atoms. The molecule has 0 aromatic heterocycles. The smallest absolute Gasteiger partial charge is 0.215 e. The Balaban J connectivity index is 1.37. The number of rotatable bonds is 8. The molecule has 0 amide bonds. The molecule has 0 unspecified atom stereocenters. The van der Waals surface area contributed by atoms with E-state index in [1.807, 2.05) is 43.3 Å². The van der Waals surface area contributed by atoms with Gasteiger partial charge in [-0.25, -0.2) is 13.1 Å². The Kier molecular flexibility index (Phi) is 7.35. The number of sulfonamides is 1. The van der Waals surface area contributed by atoms with Gasteiger partial charge in [0.05, 0.1) is 5.75 Å². The lowest BCUT2D eigenvalue weighted by atomic mass is 10.1. The number of nitrogens with zero attached hydrogens (tertiary/aromatic N) is 2. The molecule has 1 saturated heterocycles. The summed E-state index contributed by atoms with van der Waals surface area (Å²) in [4.78, 5) is 4.75. The zero-order valence-corrected chi connectivity index (χ0v) is 17.8. The van der Waals surface area contributed by atoms with E-state index in [-0.39, 0.29) is 5.75 Å². The molecular formula is C21H28ClN3O2S. The molecule has 2 aromatic rings. The van der Waals surface area contributed by atoms with Crippen LogP contribution in [-0.4, -0.2) is 52.6 Å². The lowest BCUT2D eigenvalue weighted by molar-refractivity contribution is 0.255. The van der Waals surface area contributed by atoms with Crippen LogP contribution in [0.2, 0.25) is 5.02 Å². The second kappa shape index (κ2) is 9.74. The highest BCUT2D eigenvalue weighted by atomic mass is 35.5. The number of anilines is 1. The van der Waals surface area contributed by atoms with Crippen LogP contribution in [0.1, 0.15) is 17.5 Å². The Labute approximate surface area is 173 Å². The van der Waals surface area contributed by atoms with E-state index in [0.29, 0.717) is 6.54 Å². The minimum absolute atomic E-state index is 0.0411. The predicted molar refractivity (Wildman–Crippen MR) is 117 cm³/mol. The van der Waals surface area contributed by atoms with Crippen LogP contribution in [0.25, 0.3) is 0 Å². The van der Waals surface area contributed by atoms with Crippen LogP contribution >= 0.6 is 11.6 Å². The molecule has 0 atom stereocenters. The fraction of sp³-hybridized carbons (Fsp3) is 0.429. The van der Waals surface area contributed by atoms with E-state index in [1.54, 1.807) is 0 Å². The maximum Gasteiger partial charge on any atom is 0.215 e. The topological polar surface area (TPSA) is 52.7 Å². The highest BCUT2D eigenvalue weighted by Crippen LogP contribution is 2.19. The molecule has 1 N–H and O–H groups in total. The predicted octanol–water partition coefficient (Wildman–Crippen LogP) is 3.28. The van der Waals surface area contributed by atoms with Gasteiger partial charge in [-0.2, -0.15) is 0 Å². The molecule has 1 fully saturated rings. The van der Waals surface area contributed by atoms with Gasteiger partial charge >= 0.3 is 0 Å². The van der Waals surface area contributed by atoms with Crippen LogP contribution in [0, 0.1) is 6.92 Å². The van der Waals surface area contributed by atoms with Gasteiger partial charge in [-0.15, -0.1) is 0 Å². The van der Waals surface area contributed by atoms with E-state index in [4.69, 9.17) is 11.6 Å². The second-order valence-corrected chi connectivity index (χ2v) is 9.48. The van der Waals surface area contributed by atoms with Crippen molar-refractivity contribution in [1.29, 1.82) is 0 Å². The van der Waals surface area contributed by atoms with Crippen LogP contribution in [0.3, 0.4) is 0 Å². The number of benzene rings is 2. The van der Waals surface area contributed by atoms with Gasteiger partial charge in [0, 0.05) is 43.4 Å². The molecule has 152 valence electrons. The molecule has 1 aliphatic rings. The summed E-state index contributed by atoms with van der Waals surface area (Å²) in [5, 5.41) is 0.757. The van der Waals surface area contributed by atoms with Gasteiger partial charge in [0.15, 0.2) is 0 Å². The van der Waals surface area contributed by atoms with Crippen molar-refractivity contribution in [2.24, 2.45) is 0 Å². The fourth-order valence-corrected chi connectivity index (χ4v) is 4.86. The number of hydrogen-bond donors (Lipinski definition) is 1. The Morgan fingerprint density at radius 2 is 1.68 bits per heavy atom. The third kappa shape index (κ3) is 6.21. The van der Waals surface area contributed by atoms with Crippen molar-refractivity contribution in [3.8, 4) is 0 Å². The van der Waals surface area contributed by atoms with E-state index in [1.165, 1.54) is 5.69 Å². The number of nitrogens with one attached hydrogen (secondary N) is 1. The highest BCUT2D eigenvalue weighted by Gasteiger charge is 2.17. The van der Waals surface area contributed by atoms with E-state index >= 15 is 0 Å². The molecule has 0 aliphatic carbocycles. The van der Waals surface area contributed by atoms with E-state index in [0.717, 1.165) is 55.3 Å². The van der Waals surface area contributed by atoms with E-state index in [9.17, 15) is 8.42 Å². The molecule has 3 rings (SSSR count). The summed E-state index contributed by atoms with van der Waals surface area (Å²) in [7, 11) is -3.30. The largest absolute Gasteiger partial charge is 0.369 e. The first-order valence-corrected chi connectivity index (χ1v) is 11.7. The van der Waals surface area contributed by atoms with Gasteiger partial charge in [-0.3, -0.25) is 4.90 Å². The zero-order chi connectivity index (χ0) is 20.0. The van der Waals surface area contributed by atoms with Crippen molar-refractivity contribution in [3.05, 3.63) is 64.7 Å². The minimum atomic E-state index is -3.30. The quantitative estimate of drug-likeness (QED) is 0.664. The zero-order valence-electron chi connectivity index (χ0n) is 16.3. The number of halogens is 1. The van der Waals surface area contributed by atoms with Crippen molar-refractivity contribution in [3.63, 3.8) is 0 Å². The fourth-order valence-electron chi connectivity index (χ4n) is 3.44. The monoisotopic (exact) mass is 421 g/mol. The summed E-state index contributed by atoms with van der Waals surface area (Å²) >= 11 is 5.95. The van der Waals surface area contributed by atoms with Gasteiger partial charge in [0.1, 0.15) is 0 Å². The van der Waals surface area contributed by atoms with Crippen molar-refractivity contribution in [2.75, 3.05) is 44.2 Å². The highest BCUT2D eigenvalue weighted by molar-refractivity contribution is 7.88. The average Bonchev–Trinajstić information content (AvgIpc) is 2.68. The Morgan fingerprint density at radius 3 is 2.36 bits per heavy atom. The summed E-state index contributed by atoms with van der Waals surface area (Å²) in [5.41, 5.74) is 3.06. The van der Waals surface area contributed by atoms with Crippen LogP contribution in [-0.2, 0) is 15.8 Å². The Morgan fingerprint density at radius 1 is 1.00 bits per heavy atom. The summed E-state index contributed by atoms with van der Waals surface area (Å²) in [5.74, 6) is 0.0411. The molecule has 1 aliphatic heterocycles. The molecule has 0 saturated carbocycles. The Bertz CT molecular complexity index is 863. The van der Waals surface area contributed by atoms with E-state index < -0.39 is 10.0 Å². The van der Waals surface area contributed by atoms with Gasteiger partial charge in [0.2, 0.25) is 10.0 Å². The minimum Gasteiger partial charge on any atom is -0.369 e. The number of piperazine rings is 1. The molecule has 1 heterocycles. The SMILES string of the molecule is Cc1ccccc1CS(=O)(=O)NCCCN1CCN(c2ccc(Cl)cc2)CC1. The van der Waals surface area contributed by atoms with Crippen LogP contribution in [0.15, 0.2) is 48.5 Å². The molecule has 2 aromatic carbocycles. The number of aryl methyl sites for hydroxylation is 1. The maximum absolute atomic E-state index is 12.3. The first kappa shape index (κ1) is 21.1. The third-order valence-corrected chi connectivity index (χ3v) is 6.73. The van der Waals surface area contributed by atoms with Crippen molar-refractivity contribution >= 4 is 27.3 Å². The average molecular weight is 422 g/mol. The van der Waals surface area contributed by atoms with Gasteiger partial charge in [0.25, 0.3) is 0 Å². The van der Waals surface area contributed by atoms with Crippen LogP contribution < -0.4 is 9.62 Å². The standard InChI is InChI=1S/C21H28ClN3O2S/c1-18-5-2-3-6-19(18)17-28(26,27)23-11-4-12-24-13-15-25(16-14-24)21-9-7-20(22)8-10-21/h2-3,5-10,23H,4,11-17H2,1H3.